The molecule has 1 fully saturated rings. The SMILES string of the molecule is COc1ccc(OC)c(C=CC(=O)N2CCCN2C(=O)c2ccc(OC)c(OC)c2OC)c1. The molecule has 0 unspecified atom stereocenters. The molecule has 0 bridgehead atoms. The van der Waals surface area contributed by atoms with E-state index in [9.17, 15) is 9.59 Å². The van der Waals surface area contributed by atoms with E-state index in [1.165, 1.54) is 37.4 Å². The second kappa shape index (κ2) is 10.6. The van der Waals surface area contributed by atoms with Gasteiger partial charge in [-0.05, 0) is 42.8 Å². The highest BCUT2D eigenvalue weighted by Crippen LogP contribution is 2.40. The number of carbonyl (C=O) groups excluding carboxylic acids is 2. The van der Waals surface area contributed by atoms with Crippen LogP contribution in [0.4, 0.5) is 0 Å². The molecule has 0 atom stereocenters. The van der Waals surface area contributed by atoms with E-state index in [0.29, 0.717) is 48.1 Å². The van der Waals surface area contributed by atoms with E-state index in [-0.39, 0.29) is 23.1 Å². The van der Waals surface area contributed by atoms with Crippen LogP contribution in [-0.4, -0.2) is 70.5 Å². The van der Waals surface area contributed by atoms with Crippen LogP contribution >= 0.6 is 0 Å². The number of nitrogens with zero attached hydrogens (tertiary/aromatic N) is 2. The fourth-order valence-corrected chi connectivity index (χ4v) is 3.68. The average molecular weight is 456 g/mol. The molecule has 0 aromatic heterocycles. The van der Waals surface area contributed by atoms with Crippen LogP contribution in [0.15, 0.2) is 36.4 Å². The van der Waals surface area contributed by atoms with Gasteiger partial charge in [0.15, 0.2) is 11.5 Å². The first-order valence-electron chi connectivity index (χ1n) is 10.3. The quantitative estimate of drug-likeness (QED) is 0.565. The Bertz CT molecular complexity index is 1050. The summed E-state index contributed by atoms with van der Waals surface area (Å²) in [7, 11) is 7.54. The van der Waals surface area contributed by atoms with Crippen LogP contribution in [0.3, 0.4) is 0 Å². The Morgan fingerprint density at radius 1 is 0.788 bits per heavy atom. The first-order valence-corrected chi connectivity index (χ1v) is 10.3. The van der Waals surface area contributed by atoms with Gasteiger partial charge >= 0.3 is 0 Å². The number of hydrogen-bond donors (Lipinski definition) is 0. The third kappa shape index (κ3) is 4.82. The van der Waals surface area contributed by atoms with E-state index in [1.807, 2.05) is 0 Å². The highest BCUT2D eigenvalue weighted by atomic mass is 16.5. The maximum atomic E-state index is 13.4. The van der Waals surface area contributed by atoms with Crippen molar-refractivity contribution in [1.29, 1.82) is 0 Å². The van der Waals surface area contributed by atoms with Gasteiger partial charge in [-0.1, -0.05) is 0 Å². The summed E-state index contributed by atoms with van der Waals surface area (Å²) >= 11 is 0. The van der Waals surface area contributed by atoms with Gasteiger partial charge in [0.1, 0.15) is 11.5 Å². The molecule has 176 valence electrons. The summed E-state index contributed by atoms with van der Waals surface area (Å²) in [5, 5.41) is 2.83. The summed E-state index contributed by atoms with van der Waals surface area (Å²) in [6.45, 7) is 0.818. The topological polar surface area (TPSA) is 86.8 Å². The zero-order valence-corrected chi connectivity index (χ0v) is 19.4. The molecule has 0 aliphatic carbocycles. The molecule has 0 saturated carbocycles. The number of benzene rings is 2. The molecule has 0 radical (unpaired) electrons. The number of hydrazine groups is 1. The number of amides is 2. The Morgan fingerprint density at radius 2 is 1.45 bits per heavy atom. The standard InChI is InChI=1S/C24H28N2O7/c1-29-17-8-10-19(30-2)16(15-17)7-12-21(27)25-13-6-14-26(25)24(28)18-9-11-20(31-3)23(33-5)22(18)32-4/h7-12,15H,6,13-14H2,1-5H3. The Hall–Kier alpha value is -3.88. The Morgan fingerprint density at radius 3 is 2.09 bits per heavy atom. The summed E-state index contributed by atoms with van der Waals surface area (Å²) in [6, 6.07) is 8.53. The molecule has 3 rings (SSSR count). The first-order chi connectivity index (χ1) is 16.0. The number of rotatable bonds is 8. The zero-order valence-electron chi connectivity index (χ0n) is 19.4. The molecule has 0 spiro atoms. The monoisotopic (exact) mass is 456 g/mol. The highest BCUT2D eigenvalue weighted by Gasteiger charge is 2.33. The molecule has 33 heavy (non-hydrogen) atoms. The van der Waals surface area contributed by atoms with E-state index >= 15 is 0 Å². The van der Waals surface area contributed by atoms with Gasteiger partial charge in [0.05, 0.1) is 41.1 Å². The second-order valence-electron chi connectivity index (χ2n) is 7.07. The number of ether oxygens (including phenoxy) is 5. The lowest BCUT2D eigenvalue weighted by molar-refractivity contribution is -0.134. The van der Waals surface area contributed by atoms with Crippen LogP contribution in [0, 0.1) is 0 Å². The van der Waals surface area contributed by atoms with Crippen LogP contribution in [0.5, 0.6) is 28.7 Å². The highest BCUT2D eigenvalue weighted by molar-refractivity contribution is 6.01. The molecule has 2 amide bonds. The molecule has 2 aromatic carbocycles. The molecule has 9 heteroatoms. The van der Waals surface area contributed by atoms with Crippen molar-refractivity contribution in [3.05, 3.63) is 47.5 Å². The number of carbonyl (C=O) groups is 2. The summed E-state index contributed by atoms with van der Waals surface area (Å²) in [5.41, 5.74) is 0.956. The van der Waals surface area contributed by atoms with Crippen LogP contribution < -0.4 is 23.7 Å². The zero-order chi connectivity index (χ0) is 24.0. The van der Waals surface area contributed by atoms with Gasteiger partial charge in [-0.15, -0.1) is 0 Å². The number of methoxy groups -OCH3 is 5. The van der Waals surface area contributed by atoms with Crippen LogP contribution in [0.25, 0.3) is 6.08 Å². The lowest BCUT2D eigenvalue weighted by atomic mass is 10.1. The maximum absolute atomic E-state index is 13.4. The van der Waals surface area contributed by atoms with Crippen molar-refractivity contribution in [3.8, 4) is 28.7 Å². The molecule has 1 saturated heterocycles. The fraction of sp³-hybridized carbons (Fsp3) is 0.333. The second-order valence-corrected chi connectivity index (χ2v) is 7.07. The van der Waals surface area contributed by atoms with Gasteiger partial charge in [0.25, 0.3) is 11.8 Å². The normalized spacial score (nSPS) is 13.2. The molecule has 2 aromatic rings. The Kier molecular flexibility index (Phi) is 7.66. The minimum absolute atomic E-state index is 0.248. The third-order valence-electron chi connectivity index (χ3n) is 5.30. The van der Waals surface area contributed by atoms with E-state index in [0.717, 1.165) is 0 Å². The van der Waals surface area contributed by atoms with Gasteiger partial charge in [-0.25, -0.2) is 10.0 Å². The molecule has 0 N–H and O–H groups in total. The van der Waals surface area contributed by atoms with Crippen LogP contribution in [0.1, 0.15) is 22.3 Å². The largest absolute Gasteiger partial charge is 0.497 e. The van der Waals surface area contributed by atoms with Gasteiger partial charge in [0, 0.05) is 24.7 Å². The van der Waals surface area contributed by atoms with Crippen molar-refractivity contribution < 1.29 is 33.3 Å². The molecular formula is C24H28N2O7. The van der Waals surface area contributed by atoms with Crippen LogP contribution in [0.2, 0.25) is 0 Å². The van der Waals surface area contributed by atoms with Gasteiger partial charge < -0.3 is 23.7 Å². The lowest BCUT2D eigenvalue weighted by Crippen LogP contribution is -2.44. The van der Waals surface area contributed by atoms with Crippen molar-refractivity contribution in [3.63, 3.8) is 0 Å². The molecule has 1 heterocycles. The van der Waals surface area contributed by atoms with Crippen molar-refractivity contribution in [2.24, 2.45) is 0 Å². The van der Waals surface area contributed by atoms with Crippen LogP contribution in [-0.2, 0) is 4.79 Å². The van der Waals surface area contributed by atoms with Crippen molar-refractivity contribution >= 4 is 17.9 Å². The van der Waals surface area contributed by atoms with E-state index in [2.05, 4.69) is 0 Å². The smallest absolute Gasteiger partial charge is 0.276 e. The van der Waals surface area contributed by atoms with E-state index < -0.39 is 0 Å². The van der Waals surface area contributed by atoms with E-state index in [1.54, 1.807) is 50.6 Å². The summed E-state index contributed by atoms with van der Waals surface area (Å²) in [6.07, 6.45) is 3.71. The third-order valence-corrected chi connectivity index (χ3v) is 5.30. The summed E-state index contributed by atoms with van der Waals surface area (Å²) in [4.78, 5) is 26.4. The predicted octanol–water partition coefficient (Wildman–Crippen LogP) is 3.03. The molecule has 1 aliphatic heterocycles. The Balaban J connectivity index is 1.86. The van der Waals surface area contributed by atoms with Gasteiger partial charge in [-0.2, -0.15) is 0 Å². The lowest BCUT2D eigenvalue weighted by Gasteiger charge is -2.28. The molecule has 1 aliphatic rings. The first kappa shape index (κ1) is 23.8. The summed E-state index contributed by atoms with van der Waals surface area (Å²) in [5.74, 6) is 1.54. The molecular weight excluding hydrogens is 428 g/mol. The maximum Gasteiger partial charge on any atom is 0.276 e. The van der Waals surface area contributed by atoms with Crippen molar-refractivity contribution in [1.82, 2.24) is 10.0 Å². The predicted molar refractivity (Wildman–Crippen MR) is 122 cm³/mol. The Labute approximate surface area is 193 Å². The molecule has 9 nitrogen and oxygen atoms in total. The minimum Gasteiger partial charge on any atom is -0.497 e. The van der Waals surface area contributed by atoms with Gasteiger partial charge in [-0.3, -0.25) is 9.59 Å². The fourth-order valence-electron chi connectivity index (χ4n) is 3.68. The summed E-state index contributed by atoms with van der Waals surface area (Å²) < 4.78 is 26.7. The van der Waals surface area contributed by atoms with Crippen molar-refractivity contribution in [2.75, 3.05) is 48.6 Å². The van der Waals surface area contributed by atoms with Crippen molar-refractivity contribution in [2.45, 2.75) is 6.42 Å². The average Bonchev–Trinajstić information content (AvgIpc) is 3.35. The minimum atomic E-state index is -0.369. The van der Waals surface area contributed by atoms with Gasteiger partial charge in [0.2, 0.25) is 5.75 Å². The number of hydrogen-bond acceptors (Lipinski definition) is 7. The van der Waals surface area contributed by atoms with E-state index in [4.69, 9.17) is 23.7 Å².